The fourth-order valence-corrected chi connectivity index (χ4v) is 2.89. The number of nitrogens with zero attached hydrogens (tertiary/aromatic N) is 1. The Kier molecular flexibility index (Phi) is 5.66. The summed E-state index contributed by atoms with van der Waals surface area (Å²) in [5, 5.41) is 13.7. The van der Waals surface area contributed by atoms with Crippen molar-refractivity contribution in [1.82, 2.24) is 10.3 Å². The summed E-state index contributed by atoms with van der Waals surface area (Å²) in [7, 11) is 1.29. The number of hydrogen-bond donors (Lipinski definition) is 2. The average molecular weight is 364 g/mol. The molecule has 3 rings (SSSR count). The molecule has 0 saturated carbocycles. The van der Waals surface area contributed by atoms with Crippen LogP contribution in [0.15, 0.2) is 54.6 Å². The number of para-hydroxylation sites is 1. The summed E-state index contributed by atoms with van der Waals surface area (Å²) in [6, 6.07) is 15.8. The van der Waals surface area contributed by atoms with Crippen molar-refractivity contribution in [3.63, 3.8) is 0 Å². The van der Waals surface area contributed by atoms with E-state index >= 15 is 0 Å². The van der Waals surface area contributed by atoms with Gasteiger partial charge in [-0.2, -0.15) is 0 Å². The van der Waals surface area contributed by atoms with Crippen molar-refractivity contribution < 1.29 is 19.4 Å². The predicted octanol–water partition coefficient (Wildman–Crippen LogP) is 3.09. The van der Waals surface area contributed by atoms with Crippen LogP contribution in [-0.2, 0) is 11.2 Å². The van der Waals surface area contributed by atoms with Crippen LogP contribution in [0, 0.1) is 0 Å². The minimum atomic E-state index is -0.557. The zero-order valence-corrected chi connectivity index (χ0v) is 14.9. The van der Waals surface area contributed by atoms with Gasteiger partial charge in [0, 0.05) is 17.5 Å². The van der Waals surface area contributed by atoms with Crippen molar-refractivity contribution in [3.05, 3.63) is 71.4 Å². The molecule has 2 aromatic carbocycles. The number of esters is 1. The first-order valence-electron chi connectivity index (χ1n) is 8.63. The van der Waals surface area contributed by atoms with Gasteiger partial charge in [-0.05, 0) is 42.7 Å². The second kappa shape index (κ2) is 8.31. The van der Waals surface area contributed by atoms with Gasteiger partial charge in [-0.3, -0.25) is 4.79 Å². The fourth-order valence-electron chi connectivity index (χ4n) is 2.89. The van der Waals surface area contributed by atoms with Gasteiger partial charge in [0.05, 0.1) is 7.11 Å². The first-order chi connectivity index (χ1) is 13.1. The molecule has 0 spiro atoms. The van der Waals surface area contributed by atoms with Gasteiger partial charge in [0.25, 0.3) is 5.91 Å². The van der Waals surface area contributed by atoms with Gasteiger partial charge in [-0.25, -0.2) is 9.78 Å². The SMILES string of the molecule is COC(=O)c1cc(CCCNC(=O)c2ccccc2)c2cccc(O)c2n1. The standard InChI is InChI=1S/C21H20N2O4/c1-27-21(26)17-13-15(16-10-5-11-18(24)19(16)23-17)9-6-12-22-20(25)14-7-3-2-4-8-14/h2-5,7-8,10-11,13,24H,6,9,12H2,1H3,(H,22,25). The van der Waals surface area contributed by atoms with Crippen LogP contribution in [0.4, 0.5) is 0 Å². The zero-order chi connectivity index (χ0) is 19.2. The summed E-state index contributed by atoms with van der Waals surface area (Å²) in [6.45, 7) is 0.490. The number of carbonyl (C=O) groups excluding carboxylic acids is 2. The molecule has 1 heterocycles. The minimum absolute atomic E-state index is 0.0110. The Morgan fingerprint density at radius 1 is 1.11 bits per heavy atom. The summed E-state index contributed by atoms with van der Waals surface area (Å²) in [6.07, 6.45) is 1.29. The van der Waals surface area contributed by atoms with Crippen molar-refractivity contribution >= 4 is 22.8 Å². The predicted molar refractivity (Wildman–Crippen MR) is 102 cm³/mol. The van der Waals surface area contributed by atoms with Crippen LogP contribution < -0.4 is 5.32 Å². The topological polar surface area (TPSA) is 88.5 Å². The largest absolute Gasteiger partial charge is 0.506 e. The summed E-state index contributed by atoms with van der Waals surface area (Å²) >= 11 is 0. The maximum atomic E-state index is 12.1. The maximum absolute atomic E-state index is 12.1. The third-order valence-corrected chi connectivity index (χ3v) is 4.24. The van der Waals surface area contributed by atoms with Crippen LogP contribution in [-0.4, -0.2) is 35.6 Å². The molecule has 0 radical (unpaired) electrons. The van der Waals surface area contributed by atoms with Crippen LogP contribution in [0.3, 0.4) is 0 Å². The highest BCUT2D eigenvalue weighted by molar-refractivity contribution is 5.95. The normalized spacial score (nSPS) is 10.6. The second-order valence-corrected chi connectivity index (χ2v) is 6.06. The van der Waals surface area contributed by atoms with E-state index in [0.717, 1.165) is 10.9 Å². The molecule has 0 bridgehead atoms. The van der Waals surface area contributed by atoms with E-state index in [-0.39, 0.29) is 17.4 Å². The summed E-state index contributed by atoms with van der Waals surface area (Å²) in [5.74, 6) is -0.668. The Bertz CT molecular complexity index is 971. The third-order valence-electron chi connectivity index (χ3n) is 4.24. The number of pyridine rings is 1. The number of rotatable bonds is 6. The molecule has 0 aliphatic heterocycles. The van der Waals surface area contributed by atoms with Crippen LogP contribution in [0.1, 0.15) is 32.8 Å². The van der Waals surface area contributed by atoms with Crippen LogP contribution >= 0.6 is 0 Å². The van der Waals surface area contributed by atoms with Gasteiger partial charge in [-0.1, -0.05) is 30.3 Å². The molecule has 0 atom stereocenters. The van der Waals surface area contributed by atoms with Gasteiger partial charge in [0.1, 0.15) is 17.0 Å². The first kappa shape index (κ1) is 18.4. The minimum Gasteiger partial charge on any atom is -0.506 e. The van der Waals surface area contributed by atoms with E-state index in [1.165, 1.54) is 13.2 Å². The van der Waals surface area contributed by atoms with Crippen molar-refractivity contribution in [2.45, 2.75) is 12.8 Å². The van der Waals surface area contributed by atoms with Crippen LogP contribution in [0.25, 0.3) is 10.9 Å². The van der Waals surface area contributed by atoms with Crippen molar-refractivity contribution in [2.24, 2.45) is 0 Å². The molecule has 1 aromatic heterocycles. The molecule has 0 fully saturated rings. The molecule has 0 aliphatic carbocycles. The number of ether oxygens (including phenoxy) is 1. The number of aromatic nitrogens is 1. The van der Waals surface area contributed by atoms with Crippen LogP contribution in [0.2, 0.25) is 0 Å². The highest BCUT2D eigenvalue weighted by Crippen LogP contribution is 2.27. The highest BCUT2D eigenvalue weighted by Gasteiger charge is 2.14. The smallest absolute Gasteiger partial charge is 0.356 e. The average Bonchev–Trinajstić information content (AvgIpc) is 2.71. The summed E-state index contributed by atoms with van der Waals surface area (Å²) in [4.78, 5) is 28.2. The number of phenols is 1. The van der Waals surface area contributed by atoms with Crippen LogP contribution in [0.5, 0.6) is 5.75 Å². The number of aromatic hydroxyl groups is 1. The number of methoxy groups -OCH3 is 1. The monoisotopic (exact) mass is 364 g/mol. The van der Waals surface area contributed by atoms with E-state index < -0.39 is 5.97 Å². The number of carbonyl (C=O) groups is 2. The molecule has 0 unspecified atom stereocenters. The van der Waals surface area contributed by atoms with Gasteiger partial charge in [0.15, 0.2) is 0 Å². The lowest BCUT2D eigenvalue weighted by atomic mass is 10.0. The molecular formula is C21H20N2O4. The van der Waals surface area contributed by atoms with Gasteiger partial charge >= 0.3 is 5.97 Å². The highest BCUT2D eigenvalue weighted by atomic mass is 16.5. The molecule has 0 aliphatic rings. The van der Waals surface area contributed by atoms with E-state index in [0.29, 0.717) is 30.5 Å². The number of phenolic OH excluding ortho intramolecular Hbond substituents is 1. The molecule has 3 aromatic rings. The lowest BCUT2D eigenvalue weighted by Gasteiger charge is -2.10. The van der Waals surface area contributed by atoms with E-state index in [9.17, 15) is 14.7 Å². The molecule has 0 saturated heterocycles. The lowest BCUT2D eigenvalue weighted by molar-refractivity contribution is 0.0594. The fraction of sp³-hybridized carbons (Fsp3) is 0.190. The molecule has 27 heavy (non-hydrogen) atoms. The quantitative estimate of drug-likeness (QED) is 0.518. The maximum Gasteiger partial charge on any atom is 0.356 e. The number of amides is 1. The molecule has 2 N–H and O–H groups in total. The molecular weight excluding hydrogens is 344 g/mol. The van der Waals surface area contributed by atoms with Crippen molar-refractivity contribution in [2.75, 3.05) is 13.7 Å². The lowest BCUT2D eigenvalue weighted by Crippen LogP contribution is -2.24. The van der Waals surface area contributed by atoms with Crippen molar-refractivity contribution in [1.29, 1.82) is 0 Å². The Balaban J connectivity index is 1.73. The number of aryl methyl sites for hydroxylation is 1. The van der Waals surface area contributed by atoms with E-state index in [4.69, 9.17) is 4.74 Å². The van der Waals surface area contributed by atoms with E-state index in [1.54, 1.807) is 24.3 Å². The van der Waals surface area contributed by atoms with Crippen molar-refractivity contribution in [3.8, 4) is 5.75 Å². The first-order valence-corrected chi connectivity index (χ1v) is 8.63. The number of hydrogen-bond acceptors (Lipinski definition) is 5. The van der Waals surface area contributed by atoms with Gasteiger partial charge in [-0.15, -0.1) is 0 Å². The Morgan fingerprint density at radius 2 is 1.89 bits per heavy atom. The molecule has 6 heteroatoms. The summed E-state index contributed by atoms with van der Waals surface area (Å²) < 4.78 is 4.75. The Hall–Kier alpha value is -3.41. The number of fused-ring (bicyclic) bond motifs is 1. The van der Waals surface area contributed by atoms with E-state index in [2.05, 4.69) is 10.3 Å². The summed E-state index contributed by atoms with van der Waals surface area (Å²) in [5.41, 5.74) is 1.99. The van der Waals surface area contributed by atoms with E-state index in [1.807, 2.05) is 24.3 Å². The molecule has 1 amide bonds. The Morgan fingerprint density at radius 3 is 2.63 bits per heavy atom. The number of benzene rings is 2. The molecule has 138 valence electrons. The molecule has 6 nitrogen and oxygen atoms in total. The zero-order valence-electron chi connectivity index (χ0n) is 14.9. The van der Waals surface area contributed by atoms with Gasteiger partial charge in [0.2, 0.25) is 0 Å². The second-order valence-electron chi connectivity index (χ2n) is 6.06. The van der Waals surface area contributed by atoms with Gasteiger partial charge < -0.3 is 15.2 Å². The Labute approximate surface area is 156 Å². The third kappa shape index (κ3) is 4.23. The number of nitrogens with one attached hydrogen (secondary N) is 1.